The third-order valence-corrected chi connectivity index (χ3v) is 21.2. The molecule has 5 heterocycles. The number of carbonyl (C=O) groups is 9. The highest BCUT2D eigenvalue weighted by molar-refractivity contribution is 7.85. The molecular formula is C72H85N13O15S2. The van der Waals surface area contributed by atoms with Gasteiger partial charge in [-0.2, -0.15) is 13.5 Å². The van der Waals surface area contributed by atoms with Crippen LogP contribution < -0.4 is 32.3 Å². The molecule has 9 N–H and O–H groups in total. The summed E-state index contributed by atoms with van der Waals surface area (Å²) in [5, 5.41) is 30.6. The predicted octanol–water partition coefficient (Wildman–Crippen LogP) is 9.42. The number of hydrogen-bond donors (Lipinski definition) is 8. The van der Waals surface area contributed by atoms with E-state index < -0.39 is 81.9 Å². The van der Waals surface area contributed by atoms with Gasteiger partial charge in [-0.05, 0) is 147 Å². The number of nitrogens with zero attached hydrogens (tertiary/aromatic N) is 7. The van der Waals surface area contributed by atoms with Gasteiger partial charge in [-0.15, -0.1) is 0 Å². The SMILES string of the molecule is Cc1c(-c2ccc(-c3cc4ccccc4n3C(=O)Nc3nc4ccccc4s3)nc2C(=O)O)cnn1CC12CC3(C)CC(C)(C1)CC(OCCN(CCS(=O)(=O)O)C(=O)OCc1ccc(NC(=O)[C@H](CCCNC(N)=O)NC(=O)[C@@H](NC(=O)CCCCCN4C(=O)C=CC4=O)C(C)C)cc1)(C3)C2. The molecule has 4 aliphatic carbocycles. The summed E-state index contributed by atoms with van der Waals surface area (Å²) in [6.45, 7) is 10.1. The standard InChI is InChI=1S/C72H85N13O15S2/c1-44(2)60(80-57(86)19-7-6-12-29-83-58(87)26-27-59(83)88)63(90)78-53(16-13-28-74-65(73)93)62(89)76-48-22-20-46(21-23-48)36-99-68(95)82(31-33-102(96,97)98)30-32-100-72-40-69(4)37-70(5,41-72)39-71(38-69,42-72)43-84-45(3)50(35-75-84)49-24-25-51(77-61(49)64(91)92)55-34-47-14-8-10-17-54(47)85(55)67(94)81-66-79-52-15-9-11-18-56(52)101-66/h8-11,14-15,17-18,20-27,34-35,44,53,60H,6-7,12-13,16,19,28-33,36-43H2,1-5H3,(H,76,89)(H,78,90)(H,80,86)(H,91,92)(H3,73,74,93)(H,79,81,94)(H,96,97,98)/t53-,60-,69?,70?,71?,72?/m0/s1. The number of benzene rings is 3. The van der Waals surface area contributed by atoms with E-state index in [1.807, 2.05) is 60.1 Å². The van der Waals surface area contributed by atoms with Gasteiger partial charge in [-0.3, -0.25) is 48.0 Å². The van der Waals surface area contributed by atoms with Crippen LogP contribution in [0.25, 0.3) is 43.6 Å². The Labute approximate surface area is 593 Å². The van der Waals surface area contributed by atoms with E-state index in [2.05, 4.69) is 45.4 Å². The predicted molar refractivity (Wildman–Crippen MR) is 380 cm³/mol. The number of hydrogen-bond acceptors (Lipinski definition) is 17. The Morgan fingerprint density at radius 2 is 1.51 bits per heavy atom. The lowest BCUT2D eigenvalue weighted by Gasteiger charge is -2.69. The summed E-state index contributed by atoms with van der Waals surface area (Å²) in [5.41, 5.74) is 8.31. The van der Waals surface area contributed by atoms with Crippen LogP contribution in [0.2, 0.25) is 0 Å². The monoisotopic (exact) mass is 1440 g/mol. The van der Waals surface area contributed by atoms with Gasteiger partial charge in [-0.1, -0.05) is 87.9 Å². The van der Waals surface area contributed by atoms with Gasteiger partial charge in [0.25, 0.3) is 21.9 Å². The summed E-state index contributed by atoms with van der Waals surface area (Å²) in [5.74, 6) is -4.79. The zero-order chi connectivity index (χ0) is 72.9. The molecule has 0 saturated heterocycles. The second kappa shape index (κ2) is 30.3. The number of carbonyl (C=O) groups excluding carboxylic acids is 8. The number of thiazole rings is 1. The van der Waals surface area contributed by atoms with Crippen molar-refractivity contribution in [1.29, 1.82) is 0 Å². The van der Waals surface area contributed by atoms with Crippen LogP contribution in [0.15, 0.2) is 109 Å². The second-order valence-corrected chi connectivity index (χ2v) is 31.1. The minimum atomic E-state index is -4.52. The number of anilines is 2. The van der Waals surface area contributed by atoms with Crippen LogP contribution in [-0.2, 0) is 56.7 Å². The molecule has 4 fully saturated rings. The first-order valence-corrected chi connectivity index (χ1v) is 36.5. The number of rotatable bonds is 31. The third-order valence-electron chi connectivity index (χ3n) is 19.6. The van der Waals surface area contributed by atoms with E-state index >= 15 is 0 Å². The van der Waals surface area contributed by atoms with Crippen molar-refractivity contribution in [2.45, 2.75) is 143 Å². The molecular weight excluding hydrogens is 1350 g/mol. The van der Waals surface area contributed by atoms with Crippen molar-refractivity contribution in [1.82, 2.24) is 50.1 Å². The Morgan fingerprint density at radius 3 is 2.21 bits per heavy atom. The molecule has 9 amide bonds. The summed E-state index contributed by atoms with van der Waals surface area (Å²) in [7, 11) is -4.52. The number of aromatic carboxylic acids is 1. The third kappa shape index (κ3) is 17.3. The van der Waals surface area contributed by atoms with Crippen LogP contribution in [-0.4, -0.2) is 162 Å². The highest BCUT2D eigenvalue weighted by Gasteiger charge is 2.66. The molecule has 4 aromatic heterocycles. The summed E-state index contributed by atoms with van der Waals surface area (Å²) < 4.78 is 51.1. The van der Waals surface area contributed by atoms with Gasteiger partial charge in [0, 0.05) is 79.2 Å². The smallest absolute Gasteiger partial charge is 0.410 e. The van der Waals surface area contributed by atoms with Gasteiger partial charge in [0.05, 0.1) is 51.3 Å². The molecule has 4 saturated carbocycles. The van der Waals surface area contributed by atoms with Gasteiger partial charge in [0.2, 0.25) is 17.7 Å². The van der Waals surface area contributed by atoms with E-state index in [4.69, 9.17) is 25.3 Å². The first kappa shape index (κ1) is 73.3. The van der Waals surface area contributed by atoms with Crippen molar-refractivity contribution in [3.05, 3.63) is 126 Å². The Kier molecular flexibility index (Phi) is 21.8. The van der Waals surface area contributed by atoms with Gasteiger partial charge in [0.1, 0.15) is 18.7 Å². The summed E-state index contributed by atoms with van der Waals surface area (Å²) in [6, 6.07) is 23.0. The number of carboxylic acid groups (broad SMARTS) is 1. The van der Waals surface area contributed by atoms with Gasteiger partial charge in [0.15, 0.2) is 10.8 Å². The van der Waals surface area contributed by atoms with Crippen molar-refractivity contribution < 1.29 is 70.7 Å². The van der Waals surface area contributed by atoms with Crippen LogP contribution in [0.3, 0.4) is 0 Å². The van der Waals surface area contributed by atoms with E-state index in [9.17, 15) is 61.2 Å². The van der Waals surface area contributed by atoms with Crippen LogP contribution in [0.5, 0.6) is 0 Å². The normalized spacial score (nSPS) is 20.4. The summed E-state index contributed by atoms with van der Waals surface area (Å²) in [6.07, 6.45) is 9.97. The van der Waals surface area contributed by atoms with Crippen molar-refractivity contribution >= 4 is 107 Å². The van der Waals surface area contributed by atoms with Crippen LogP contribution in [0.4, 0.5) is 25.2 Å². The fourth-order valence-corrected chi connectivity index (χ4v) is 17.5. The average Bonchev–Trinajstić information content (AvgIpc) is 0.877. The van der Waals surface area contributed by atoms with E-state index in [1.54, 1.807) is 62.5 Å². The van der Waals surface area contributed by atoms with E-state index in [0.717, 1.165) is 58.3 Å². The molecule has 540 valence electrons. The number of amides is 9. The average molecular weight is 1440 g/mol. The number of nitrogens with one attached hydrogen (secondary N) is 5. The fourth-order valence-electron chi connectivity index (χ4n) is 16.2. The number of carboxylic acids is 1. The number of aromatic nitrogens is 5. The number of para-hydroxylation sites is 2. The maximum absolute atomic E-state index is 14.2. The topological polar surface area (TPSA) is 388 Å². The molecule has 30 heteroatoms. The van der Waals surface area contributed by atoms with Gasteiger partial charge in [-0.25, -0.2) is 29.1 Å². The minimum Gasteiger partial charge on any atom is -0.476 e. The molecule has 28 nitrogen and oxygen atoms in total. The lowest BCUT2D eigenvalue weighted by molar-refractivity contribution is -0.248. The Hall–Kier alpha value is -9.91. The summed E-state index contributed by atoms with van der Waals surface area (Å²) in [4.78, 5) is 129. The van der Waals surface area contributed by atoms with E-state index in [0.29, 0.717) is 70.9 Å². The van der Waals surface area contributed by atoms with E-state index in [1.165, 1.54) is 33.0 Å². The lowest BCUT2D eigenvalue weighted by Crippen LogP contribution is -2.64. The highest BCUT2D eigenvalue weighted by atomic mass is 32.2. The van der Waals surface area contributed by atoms with Crippen molar-refractivity contribution in [3.8, 4) is 22.5 Å². The molecule has 12 rings (SSSR count). The quantitative estimate of drug-likeness (QED) is 0.0114. The molecule has 1 aliphatic heterocycles. The zero-order valence-electron chi connectivity index (χ0n) is 57.5. The molecule has 2 unspecified atom stereocenters. The minimum absolute atomic E-state index is 0.0161. The van der Waals surface area contributed by atoms with E-state index in [-0.39, 0.29) is 97.5 Å². The number of nitrogens with two attached hydrogens (primary N) is 1. The number of unbranched alkanes of at least 4 members (excludes halogenated alkanes) is 2. The van der Waals surface area contributed by atoms with Crippen molar-refractivity contribution in [2.75, 3.05) is 49.2 Å². The molecule has 3 aromatic carbocycles. The number of imide groups is 1. The largest absolute Gasteiger partial charge is 0.476 e. The highest BCUT2D eigenvalue weighted by Crippen LogP contribution is 2.72. The zero-order valence-corrected chi connectivity index (χ0v) is 59.1. The maximum Gasteiger partial charge on any atom is 0.410 e. The Bertz CT molecular complexity index is 4480. The van der Waals surface area contributed by atoms with Crippen molar-refractivity contribution in [3.63, 3.8) is 0 Å². The number of primary amides is 1. The number of fused-ring (bicyclic) bond motifs is 2. The number of pyridine rings is 1. The van der Waals surface area contributed by atoms with Crippen molar-refractivity contribution in [2.24, 2.45) is 27.9 Å². The van der Waals surface area contributed by atoms with Crippen LogP contribution >= 0.6 is 11.3 Å². The molecule has 0 radical (unpaired) electrons. The van der Waals surface area contributed by atoms with Gasteiger partial charge < -0.3 is 46.5 Å². The first-order chi connectivity index (χ1) is 48.5. The van der Waals surface area contributed by atoms with Crippen LogP contribution in [0.1, 0.15) is 126 Å². The summed E-state index contributed by atoms with van der Waals surface area (Å²) >= 11 is 1.34. The molecule has 102 heavy (non-hydrogen) atoms. The number of urea groups is 1. The Morgan fingerprint density at radius 1 is 0.794 bits per heavy atom. The molecule has 4 atom stereocenters. The van der Waals surface area contributed by atoms with Crippen LogP contribution in [0, 0.1) is 29.1 Å². The second-order valence-electron chi connectivity index (χ2n) is 28.5. The molecule has 7 aromatic rings. The first-order valence-electron chi connectivity index (χ1n) is 34.1. The Balaban J connectivity index is 0.714. The molecule has 4 bridgehead atoms. The molecule has 0 spiro atoms. The number of ether oxygens (including phenoxy) is 2. The fraction of sp³-hybridized carbons (Fsp3) is 0.444. The van der Waals surface area contributed by atoms with Gasteiger partial charge >= 0.3 is 24.1 Å². The maximum atomic E-state index is 14.2. The molecule has 5 aliphatic rings. The lowest BCUT2D eigenvalue weighted by atomic mass is 9.39.